The summed E-state index contributed by atoms with van der Waals surface area (Å²) in [6, 6.07) is 13.6. The van der Waals surface area contributed by atoms with Crippen molar-refractivity contribution in [3.8, 4) is 11.5 Å². The molecule has 252 valence electrons. The molecule has 10 nitrogen and oxygen atoms in total. The number of anilines is 2. The van der Waals surface area contributed by atoms with Crippen LogP contribution in [0.25, 0.3) is 0 Å². The number of unbranched alkanes of at least 4 members (excludes halogenated alkanes) is 2. The Morgan fingerprint density at radius 1 is 0.957 bits per heavy atom. The molecule has 5 atom stereocenters. The third-order valence-electron chi connectivity index (χ3n) is 9.83. The van der Waals surface area contributed by atoms with Crippen molar-refractivity contribution in [2.24, 2.45) is 11.8 Å². The number of likely N-dealkylation sites (tertiary alicyclic amines) is 1. The van der Waals surface area contributed by atoms with E-state index in [0.29, 0.717) is 68.1 Å². The van der Waals surface area contributed by atoms with Gasteiger partial charge in [-0.25, -0.2) is 0 Å². The van der Waals surface area contributed by atoms with Crippen LogP contribution in [0.15, 0.2) is 73.8 Å². The molecule has 1 spiro atoms. The van der Waals surface area contributed by atoms with Crippen LogP contribution in [0.4, 0.5) is 11.4 Å². The van der Waals surface area contributed by atoms with E-state index in [4.69, 9.17) is 14.2 Å². The molecule has 2 aromatic carbocycles. The van der Waals surface area contributed by atoms with Crippen LogP contribution in [0.1, 0.15) is 46.0 Å². The number of methoxy groups -OCH3 is 1. The largest absolute Gasteiger partial charge is 0.497 e. The summed E-state index contributed by atoms with van der Waals surface area (Å²) in [7, 11) is 1.58. The molecule has 3 aliphatic rings. The van der Waals surface area contributed by atoms with Crippen LogP contribution < -0.4 is 19.3 Å². The highest BCUT2D eigenvalue weighted by molar-refractivity contribution is 6.06. The average molecular weight is 646 g/mol. The van der Waals surface area contributed by atoms with Crippen LogP contribution in [-0.4, -0.2) is 84.9 Å². The van der Waals surface area contributed by atoms with Gasteiger partial charge in [0.15, 0.2) is 0 Å². The van der Waals surface area contributed by atoms with Crippen molar-refractivity contribution >= 4 is 29.1 Å². The SMILES string of the molecule is C=CCN(C(=O)C1N(CCCCCO)C(=O)[C@@H]2[C@H](C(=O)N(CC=C)c3ccc(OCC)cc3)[C@]3(C)CCC12O3)c1ccc(OC)cc1. The Kier molecular flexibility index (Phi) is 10.4. The van der Waals surface area contributed by atoms with Gasteiger partial charge in [0.1, 0.15) is 23.1 Å². The molecule has 2 bridgehead atoms. The van der Waals surface area contributed by atoms with E-state index in [9.17, 15) is 19.5 Å². The highest BCUT2D eigenvalue weighted by atomic mass is 16.5. The van der Waals surface area contributed by atoms with E-state index in [-0.39, 0.29) is 37.4 Å². The summed E-state index contributed by atoms with van der Waals surface area (Å²) >= 11 is 0. The van der Waals surface area contributed by atoms with Crippen LogP contribution in [-0.2, 0) is 19.1 Å². The molecule has 3 amide bonds. The van der Waals surface area contributed by atoms with Crippen molar-refractivity contribution in [2.45, 2.75) is 63.2 Å². The van der Waals surface area contributed by atoms with E-state index in [0.717, 1.165) is 0 Å². The monoisotopic (exact) mass is 645 g/mol. The number of amides is 3. The zero-order valence-corrected chi connectivity index (χ0v) is 27.7. The van der Waals surface area contributed by atoms with Gasteiger partial charge in [-0.05, 0) is 94.5 Å². The number of aliphatic hydroxyl groups excluding tert-OH is 1. The fourth-order valence-electron chi connectivity index (χ4n) is 7.76. The molecule has 10 heteroatoms. The first kappa shape index (κ1) is 34.2. The molecule has 47 heavy (non-hydrogen) atoms. The number of aliphatic hydroxyl groups is 1. The molecule has 3 saturated heterocycles. The number of hydrogen-bond acceptors (Lipinski definition) is 7. The standard InChI is InChI=1S/C37H47N3O7/c1-6-22-38(26-14-18-29(19-15-26)46-8-3)33(42)30-31-34(43)40(24-10-9-11-25-41)32(37(31)21-20-36(30,4)47-37)35(44)39(23-7-2)27-12-16-28(45-5)17-13-27/h6-7,12-19,30-32,41H,1-2,8-11,20-25H2,3-5H3/t30-,31+,32?,36+,37?/m1/s1. The van der Waals surface area contributed by atoms with Crippen molar-refractivity contribution in [1.29, 1.82) is 0 Å². The Labute approximate surface area is 277 Å². The molecule has 3 aliphatic heterocycles. The number of carbonyl (C=O) groups is 3. The van der Waals surface area contributed by atoms with E-state index >= 15 is 0 Å². The lowest BCUT2D eigenvalue weighted by Gasteiger charge is -2.37. The molecule has 0 radical (unpaired) electrons. The first-order valence-corrected chi connectivity index (χ1v) is 16.5. The summed E-state index contributed by atoms with van der Waals surface area (Å²) in [4.78, 5) is 49.0. The van der Waals surface area contributed by atoms with Gasteiger partial charge in [-0.15, -0.1) is 13.2 Å². The molecule has 3 heterocycles. The minimum absolute atomic E-state index is 0.0518. The summed E-state index contributed by atoms with van der Waals surface area (Å²) in [6.07, 6.45) is 6.22. The van der Waals surface area contributed by atoms with Gasteiger partial charge in [-0.2, -0.15) is 0 Å². The fraction of sp³-hybridized carbons (Fsp3) is 0.486. The van der Waals surface area contributed by atoms with E-state index < -0.39 is 29.1 Å². The van der Waals surface area contributed by atoms with Crippen LogP contribution in [0.3, 0.4) is 0 Å². The zero-order valence-electron chi connectivity index (χ0n) is 27.7. The molecule has 1 N–H and O–H groups in total. The number of fused-ring (bicyclic) bond motifs is 1. The van der Waals surface area contributed by atoms with E-state index in [1.807, 2.05) is 50.2 Å². The second kappa shape index (κ2) is 14.3. The maximum Gasteiger partial charge on any atom is 0.253 e. The first-order valence-electron chi connectivity index (χ1n) is 16.5. The van der Waals surface area contributed by atoms with Crippen molar-refractivity contribution in [3.05, 3.63) is 73.8 Å². The number of rotatable bonds is 16. The highest BCUT2D eigenvalue weighted by Gasteiger charge is 2.78. The summed E-state index contributed by atoms with van der Waals surface area (Å²) in [5.74, 6) is -1.04. The van der Waals surface area contributed by atoms with E-state index in [2.05, 4.69) is 13.2 Å². The van der Waals surface area contributed by atoms with Crippen molar-refractivity contribution in [1.82, 2.24) is 4.90 Å². The number of carbonyl (C=O) groups excluding carboxylic acids is 3. The van der Waals surface area contributed by atoms with Gasteiger partial charge in [0.2, 0.25) is 11.8 Å². The summed E-state index contributed by atoms with van der Waals surface area (Å²) < 4.78 is 17.8. The fourth-order valence-corrected chi connectivity index (χ4v) is 7.76. The van der Waals surface area contributed by atoms with Gasteiger partial charge in [0, 0.05) is 37.6 Å². The number of ether oxygens (including phenoxy) is 3. The molecule has 0 aliphatic carbocycles. The predicted octanol–water partition coefficient (Wildman–Crippen LogP) is 4.76. The van der Waals surface area contributed by atoms with E-state index in [1.165, 1.54) is 0 Å². The minimum atomic E-state index is -1.18. The quantitative estimate of drug-likeness (QED) is 0.207. The second-order valence-electron chi connectivity index (χ2n) is 12.6. The Balaban J connectivity index is 1.54. The Morgan fingerprint density at radius 2 is 1.55 bits per heavy atom. The topological polar surface area (TPSA) is 109 Å². The third kappa shape index (κ3) is 6.16. The molecule has 3 fully saturated rings. The van der Waals surface area contributed by atoms with Gasteiger partial charge < -0.3 is 34.0 Å². The lowest BCUT2D eigenvalue weighted by molar-refractivity contribution is -0.144. The lowest BCUT2D eigenvalue weighted by atomic mass is 9.66. The summed E-state index contributed by atoms with van der Waals surface area (Å²) in [6.45, 7) is 12.9. The van der Waals surface area contributed by atoms with Gasteiger partial charge in [-0.1, -0.05) is 12.2 Å². The van der Waals surface area contributed by atoms with E-state index in [1.54, 1.807) is 46.1 Å². The molecular formula is C37H47N3O7. The van der Waals surface area contributed by atoms with Gasteiger partial charge in [-0.3, -0.25) is 14.4 Å². The van der Waals surface area contributed by atoms with Gasteiger partial charge in [0.25, 0.3) is 5.91 Å². The van der Waals surface area contributed by atoms with Crippen LogP contribution >= 0.6 is 0 Å². The van der Waals surface area contributed by atoms with Crippen molar-refractivity contribution in [3.63, 3.8) is 0 Å². The Bertz CT molecular complexity index is 1460. The normalized spacial score (nSPS) is 25.7. The number of nitrogens with zero attached hydrogens (tertiary/aromatic N) is 3. The van der Waals surface area contributed by atoms with Crippen LogP contribution in [0.2, 0.25) is 0 Å². The molecule has 2 unspecified atom stereocenters. The highest BCUT2D eigenvalue weighted by Crippen LogP contribution is 2.63. The maximum atomic E-state index is 14.8. The lowest BCUT2D eigenvalue weighted by Crippen LogP contribution is -2.56. The average Bonchev–Trinajstić information content (AvgIpc) is 3.65. The minimum Gasteiger partial charge on any atom is -0.497 e. The van der Waals surface area contributed by atoms with Crippen LogP contribution in [0, 0.1) is 11.8 Å². The Morgan fingerprint density at radius 3 is 2.11 bits per heavy atom. The van der Waals surface area contributed by atoms with Crippen molar-refractivity contribution < 1.29 is 33.7 Å². The predicted molar refractivity (Wildman–Crippen MR) is 181 cm³/mol. The molecule has 0 saturated carbocycles. The molecule has 5 rings (SSSR count). The smallest absolute Gasteiger partial charge is 0.253 e. The summed E-state index contributed by atoms with van der Waals surface area (Å²) in [5, 5.41) is 9.38. The first-order chi connectivity index (χ1) is 22.7. The van der Waals surface area contributed by atoms with Crippen molar-refractivity contribution in [2.75, 3.05) is 49.8 Å². The van der Waals surface area contributed by atoms with Crippen LogP contribution in [0.5, 0.6) is 11.5 Å². The van der Waals surface area contributed by atoms with Gasteiger partial charge in [0.05, 0.1) is 31.2 Å². The maximum absolute atomic E-state index is 14.8. The summed E-state index contributed by atoms with van der Waals surface area (Å²) in [5.41, 5.74) is -0.811. The molecule has 0 aromatic heterocycles. The molecular weight excluding hydrogens is 598 g/mol. The zero-order chi connectivity index (χ0) is 33.8. The Hall–Kier alpha value is -4.15. The third-order valence-corrected chi connectivity index (χ3v) is 9.83. The molecule has 2 aromatic rings. The van der Waals surface area contributed by atoms with Gasteiger partial charge >= 0.3 is 0 Å². The number of benzene rings is 2. The second-order valence-corrected chi connectivity index (χ2v) is 12.6. The number of hydrogen-bond donors (Lipinski definition) is 1.